The molecule has 1 fully saturated rings. The number of methoxy groups -OCH3 is 1. The van der Waals surface area contributed by atoms with Crippen molar-refractivity contribution >= 4 is 34.9 Å². The average Bonchev–Trinajstić information content (AvgIpc) is 2.52. The number of thiocarbonyl (C=S) groups is 1. The molecule has 1 aliphatic heterocycles. The zero-order valence-corrected chi connectivity index (χ0v) is 14.8. The van der Waals surface area contributed by atoms with Gasteiger partial charge in [0.05, 0.1) is 18.5 Å². The minimum absolute atomic E-state index is 0.135. The summed E-state index contributed by atoms with van der Waals surface area (Å²) >= 11 is 7.47. The normalized spacial score (nSPS) is 21.7. The Balaban J connectivity index is 1.84. The lowest BCUT2D eigenvalue weighted by molar-refractivity contribution is -0.140. The molecule has 0 amide bonds. The highest BCUT2D eigenvalue weighted by molar-refractivity contribution is 8.00. The van der Waals surface area contributed by atoms with Crippen molar-refractivity contribution in [1.29, 1.82) is 0 Å². The standard InChI is InChI=1S/C17H23NO2S2/c1-13-10-15(22-9-8-17(19)20-2)11-16(21)18(13)12-14-6-4-3-5-7-14/h3-7,13,15H,8-12H2,1-2H3/t13-,15-/m1/s1. The Morgan fingerprint density at radius 3 is 2.77 bits per heavy atom. The molecule has 0 bridgehead atoms. The number of hydrogen-bond donors (Lipinski definition) is 0. The molecule has 0 spiro atoms. The van der Waals surface area contributed by atoms with Crippen LogP contribution in [0.4, 0.5) is 0 Å². The molecule has 2 rings (SSSR count). The fourth-order valence-corrected chi connectivity index (χ4v) is 4.57. The summed E-state index contributed by atoms with van der Waals surface area (Å²) in [4.78, 5) is 14.5. The van der Waals surface area contributed by atoms with Crippen molar-refractivity contribution in [3.05, 3.63) is 35.9 Å². The van der Waals surface area contributed by atoms with Crippen molar-refractivity contribution in [3.63, 3.8) is 0 Å². The number of piperidine rings is 1. The maximum atomic E-state index is 11.2. The lowest BCUT2D eigenvalue weighted by Gasteiger charge is -2.39. The molecule has 0 aliphatic carbocycles. The number of rotatable bonds is 6. The van der Waals surface area contributed by atoms with Gasteiger partial charge in [-0.2, -0.15) is 11.8 Å². The molecule has 3 nitrogen and oxygen atoms in total. The van der Waals surface area contributed by atoms with E-state index in [0.717, 1.165) is 30.1 Å². The fourth-order valence-electron chi connectivity index (χ4n) is 2.71. The van der Waals surface area contributed by atoms with E-state index in [0.29, 0.717) is 17.7 Å². The molecule has 1 aromatic rings. The summed E-state index contributed by atoms with van der Waals surface area (Å²) in [5.74, 6) is 0.676. The van der Waals surface area contributed by atoms with Crippen LogP contribution < -0.4 is 0 Å². The van der Waals surface area contributed by atoms with Gasteiger partial charge in [-0.1, -0.05) is 42.5 Å². The second-order valence-corrected chi connectivity index (χ2v) is 7.49. The van der Waals surface area contributed by atoms with E-state index in [1.165, 1.54) is 12.7 Å². The molecule has 0 radical (unpaired) electrons. The minimum atomic E-state index is -0.135. The Labute approximate surface area is 142 Å². The molecule has 1 heterocycles. The van der Waals surface area contributed by atoms with Gasteiger partial charge in [-0.25, -0.2) is 0 Å². The van der Waals surface area contributed by atoms with Crippen LogP contribution in [0, 0.1) is 0 Å². The van der Waals surface area contributed by atoms with Gasteiger partial charge in [0.1, 0.15) is 0 Å². The first kappa shape index (κ1) is 17.3. The van der Waals surface area contributed by atoms with Crippen LogP contribution in [0.2, 0.25) is 0 Å². The van der Waals surface area contributed by atoms with E-state index in [4.69, 9.17) is 12.2 Å². The number of ether oxygens (including phenoxy) is 1. The monoisotopic (exact) mass is 337 g/mol. The van der Waals surface area contributed by atoms with Crippen LogP contribution in [0.25, 0.3) is 0 Å². The van der Waals surface area contributed by atoms with E-state index in [1.807, 2.05) is 17.8 Å². The van der Waals surface area contributed by atoms with Gasteiger partial charge >= 0.3 is 5.97 Å². The fraction of sp³-hybridized carbons (Fsp3) is 0.529. The second kappa shape index (κ2) is 8.53. The third-order valence-electron chi connectivity index (χ3n) is 3.94. The molecule has 1 saturated heterocycles. The van der Waals surface area contributed by atoms with Gasteiger partial charge in [-0.3, -0.25) is 4.79 Å². The van der Waals surface area contributed by atoms with Crippen LogP contribution in [0.15, 0.2) is 30.3 Å². The number of thioether (sulfide) groups is 1. The van der Waals surface area contributed by atoms with Gasteiger partial charge < -0.3 is 9.64 Å². The molecule has 0 aromatic heterocycles. The molecule has 0 unspecified atom stereocenters. The average molecular weight is 338 g/mol. The van der Waals surface area contributed by atoms with Crippen molar-refractivity contribution in [2.24, 2.45) is 0 Å². The van der Waals surface area contributed by atoms with Gasteiger partial charge in [0.2, 0.25) is 0 Å². The first-order chi connectivity index (χ1) is 10.6. The summed E-state index contributed by atoms with van der Waals surface area (Å²) in [5, 5.41) is 0.513. The van der Waals surface area contributed by atoms with Gasteiger partial charge in [0, 0.05) is 30.0 Å². The number of benzene rings is 1. The molecule has 1 aromatic carbocycles. The quantitative estimate of drug-likeness (QED) is 0.584. The van der Waals surface area contributed by atoms with Gasteiger partial charge in [-0.15, -0.1) is 0 Å². The lowest BCUT2D eigenvalue weighted by atomic mass is 10.0. The van der Waals surface area contributed by atoms with Crippen LogP contribution >= 0.6 is 24.0 Å². The molecule has 2 atom stereocenters. The number of carbonyl (C=O) groups is 1. The first-order valence-electron chi connectivity index (χ1n) is 7.62. The van der Waals surface area contributed by atoms with E-state index in [2.05, 4.69) is 40.8 Å². The smallest absolute Gasteiger partial charge is 0.306 e. The Hall–Kier alpha value is -1.07. The summed E-state index contributed by atoms with van der Waals surface area (Å²) in [7, 11) is 1.44. The van der Waals surface area contributed by atoms with E-state index in [1.54, 1.807) is 0 Å². The maximum absolute atomic E-state index is 11.2. The lowest BCUT2D eigenvalue weighted by Crippen LogP contribution is -2.44. The largest absolute Gasteiger partial charge is 0.469 e. The van der Waals surface area contributed by atoms with Gasteiger partial charge in [0.25, 0.3) is 0 Å². The summed E-state index contributed by atoms with van der Waals surface area (Å²) in [5.41, 5.74) is 1.30. The van der Waals surface area contributed by atoms with Crippen molar-refractivity contribution in [3.8, 4) is 0 Å². The Kier molecular flexibility index (Phi) is 6.70. The molecule has 5 heteroatoms. The topological polar surface area (TPSA) is 29.5 Å². The number of likely N-dealkylation sites (tertiary alicyclic amines) is 1. The van der Waals surface area contributed by atoms with Crippen LogP contribution in [0.1, 0.15) is 31.7 Å². The zero-order valence-electron chi connectivity index (χ0n) is 13.2. The van der Waals surface area contributed by atoms with Crippen LogP contribution in [0.5, 0.6) is 0 Å². The van der Waals surface area contributed by atoms with Crippen LogP contribution in [-0.4, -0.2) is 40.0 Å². The zero-order chi connectivity index (χ0) is 15.9. The van der Waals surface area contributed by atoms with E-state index < -0.39 is 0 Å². The van der Waals surface area contributed by atoms with Crippen molar-refractivity contribution in [2.45, 2.75) is 44.0 Å². The Bertz CT molecular complexity index is 507. The molecular weight excluding hydrogens is 314 g/mol. The molecule has 0 saturated carbocycles. The Morgan fingerprint density at radius 1 is 1.41 bits per heavy atom. The number of hydrogen-bond acceptors (Lipinski definition) is 4. The molecule has 0 N–H and O–H groups in total. The summed E-state index contributed by atoms with van der Waals surface area (Å²) in [6.45, 7) is 3.13. The minimum Gasteiger partial charge on any atom is -0.469 e. The highest BCUT2D eigenvalue weighted by Crippen LogP contribution is 2.30. The van der Waals surface area contributed by atoms with Crippen molar-refractivity contribution in [2.75, 3.05) is 12.9 Å². The predicted molar refractivity (Wildman–Crippen MR) is 96.2 cm³/mol. The predicted octanol–water partition coefficient (Wildman–Crippen LogP) is 3.66. The van der Waals surface area contributed by atoms with Crippen LogP contribution in [-0.2, 0) is 16.1 Å². The SMILES string of the molecule is COC(=O)CCS[C@H]1CC(=S)N(Cc2ccccc2)[C@H](C)C1. The second-order valence-electron chi connectivity index (χ2n) is 5.62. The molecule has 1 aliphatic rings. The molecule has 120 valence electrons. The number of esters is 1. The summed E-state index contributed by atoms with van der Waals surface area (Å²) in [6, 6.07) is 10.9. The highest BCUT2D eigenvalue weighted by atomic mass is 32.2. The molecular formula is C17H23NO2S2. The third kappa shape index (κ3) is 4.99. The van der Waals surface area contributed by atoms with Gasteiger partial charge in [-0.05, 0) is 18.9 Å². The maximum Gasteiger partial charge on any atom is 0.306 e. The third-order valence-corrected chi connectivity index (χ3v) is 5.61. The van der Waals surface area contributed by atoms with Crippen molar-refractivity contribution in [1.82, 2.24) is 4.90 Å². The number of nitrogens with zero attached hydrogens (tertiary/aromatic N) is 1. The number of carbonyl (C=O) groups excluding carboxylic acids is 1. The summed E-state index contributed by atoms with van der Waals surface area (Å²) < 4.78 is 4.68. The van der Waals surface area contributed by atoms with Crippen LogP contribution in [0.3, 0.4) is 0 Å². The first-order valence-corrected chi connectivity index (χ1v) is 9.07. The van der Waals surface area contributed by atoms with E-state index in [-0.39, 0.29) is 5.97 Å². The van der Waals surface area contributed by atoms with Gasteiger partial charge in [0.15, 0.2) is 0 Å². The van der Waals surface area contributed by atoms with E-state index >= 15 is 0 Å². The summed E-state index contributed by atoms with van der Waals surface area (Å²) in [6.07, 6.45) is 2.52. The molecule has 22 heavy (non-hydrogen) atoms. The highest BCUT2D eigenvalue weighted by Gasteiger charge is 2.28. The van der Waals surface area contributed by atoms with E-state index in [9.17, 15) is 4.79 Å². The Morgan fingerprint density at radius 2 is 2.14 bits per heavy atom. The van der Waals surface area contributed by atoms with Crippen molar-refractivity contribution < 1.29 is 9.53 Å².